The van der Waals surface area contributed by atoms with Gasteiger partial charge in [0.05, 0.1) is 0 Å². The van der Waals surface area contributed by atoms with Crippen molar-refractivity contribution in [2.45, 2.75) is 24.7 Å². The van der Waals surface area contributed by atoms with Crippen molar-refractivity contribution in [3.05, 3.63) is 137 Å². The van der Waals surface area contributed by atoms with Crippen LogP contribution in [0.3, 0.4) is 0 Å². The second kappa shape index (κ2) is 7.25. The molecule has 0 saturated heterocycles. The predicted molar refractivity (Wildman–Crippen MR) is 118 cm³/mol. The van der Waals surface area contributed by atoms with E-state index < -0.39 is 0 Å². The van der Waals surface area contributed by atoms with Crippen LogP contribution in [-0.2, 0) is 24.7 Å². The minimum Gasteiger partial charge on any atom is -0.508 e. The summed E-state index contributed by atoms with van der Waals surface area (Å²) in [6.45, 7) is 0. The maximum atomic E-state index is 10.7. The molecule has 0 unspecified atom stereocenters. The second-order valence-corrected chi connectivity index (χ2v) is 8.04. The van der Waals surface area contributed by atoms with E-state index in [1.54, 1.807) is 0 Å². The van der Waals surface area contributed by atoms with Crippen molar-refractivity contribution < 1.29 is 5.11 Å². The molecule has 0 radical (unpaired) electrons. The van der Waals surface area contributed by atoms with Gasteiger partial charge in [-0.3, -0.25) is 0 Å². The first-order chi connectivity index (χ1) is 14.3. The Balaban J connectivity index is 1.78. The van der Waals surface area contributed by atoms with Gasteiger partial charge in [0.15, 0.2) is 0 Å². The van der Waals surface area contributed by atoms with Crippen LogP contribution < -0.4 is 0 Å². The number of hydrogen-bond acceptors (Lipinski definition) is 1. The zero-order valence-corrected chi connectivity index (χ0v) is 16.4. The van der Waals surface area contributed by atoms with E-state index in [0.29, 0.717) is 5.75 Å². The highest BCUT2D eigenvalue weighted by molar-refractivity contribution is 5.59. The molecule has 29 heavy (non-hydrogen) atoms. The highest BCUT2D eigenvalue weighted by Gasteiger charge is 2.41. The van der Waals surface area contributed by atoms with Crippen LogP contribution in [0.2, 0.25) is 0 Å². The molecule has 0 heterocycles. The SMILES string of the molecule is Oc1cccc2c1Cc1ccccc1C2(Cc1ccccc1)Cc1ccccc1. The van der Waals surface area contributed by atoms with Crippen molar-refractivity contribution in [1.82, 2.24) is 0 Å². The summed E-state index contributed by atoms with van der Waals surface area (Å²) in [6, 6.07) is 36.3. The van der Waals surface area contributed by atoms with Gasteiger partial charge >= 0.3 is 0 Å². The first-order valence-corrected chi connectivity index (χ1v) is 10.2. The molecule has 0 spiro atoms. The molecule has 4 aromatic rings. The van der Waals surface area contributed by atoms with Crippen LogP contribution in [0, 0.1) is 0 Å². The van der Waals surface area contributed by atoms with Gasteiger partial charge in [-0.05, 0) is 46.7 Å². The van der Waals surface area contributed by atoms with E-state index in [9.17, 15) is 5.11 Å². The molecule has 0 amide bonds. The summed E-state index contributed by atoms with van der Waals surface area (Å²) >= 11 is 0. The van der Waals surface area contributed by atoms with Gasteiger partial charge in [0.2, 0.25) is 0 Å². The quantitative estimate of drug-likeness (QED) is 0.458. The number of benzene rings is 4. The zero-order valence-electron chi connectivity index (χ0n) is 16.4. The van der Waals surface area contributed by atoms with E-state index in [1.807, 2.05) is 12.1 Å². The summed E-state index contributed by atoms with van der Waals surface area (Å²) in [6.07, 6.45) is 2.58. The van der Waals surface area contributed by atoms with E-state index in [2.05, 4.69) is 91.0 Å². The molecule has 1 heteroatoms. The summed E-state index contributed by atoms with van der Waals surface area (Å²) in [5.41, 5.74) is 7.43. The lowest BCUT2D eigenvalue weighted by atomic mass is 9.61. The summed E-state index contributed by atoms with van der Waals surface area (Å²) in [4.78, 5) is 0. The van der Waals surface area contributed by atoms with Crippen LogP contribution in [0.4, 0.5) is 0 Å². The maximum Gasteiger partial charge on any atom is 0.119 e. The number of phenolic OH excluding ortho intramolecular Hbond substituents is 1. The number of fused-ring (bicyclic) bond motifs is 2. The van der Waals surface area contributed by atoms with Crippen LogP contribution in [0.5, 0.6) is 5.75 Å². The molecule has 0 aliphatic heterocycles. The average molecular weight is 376 g/mol. The first kappa shape index (κ1) is 17.8. The van der Waals surface area contributed by atoms with Gasteiger partial charge in [0.1, 0.15) is 5.75 Å². The van der Waals surface area contributed by atoms with Crippen molar-refractivity contribution in [2.75, 3.05) is 0 Å². The summed E-state index contributed by atoms with van der Waals surface area (Å²) in [5, 5.41) is 10.7. The van der Waals surface area contributed by atoms with Crippen molar-refractivity contribution in [2.24, 2.45) is 0 Å². The van der Waals surface area contributed by atoms with Gasteiger partial charge in [0.25, 0.3) is 0 Å². The lowest BCUT2D eigenvalue weighted by molar-refractivity contribution is 0.448. The fourth-order valence-corrected chi connectivity index (χ4v) is 5.02. The maximum absolute atomic E-state index is 10.7. The lowest BCUT2D eigenvalue weighted by Gasteiger charge is -2.42. The van der Waals surface area contributed by atoms with Crippen LogP contribution in [0.1, 0.15) is 33.4 Å². The largest absolute Gasteiger partial charge is 0.508 e. The molecule has 0 saturated carbocycles. The van der Waals surface area contributed by atoms with E-state index in [1.165, 1.54) is 27.8 Å². The Kier molecular flexibility index (Phi) is 4.44. The van der Waals surface area contributed by atoms with Crippen LogP contribution >= 0.6 is 0 Å². The molecule has 142 valence electrons. The normalized spacial score (nSPS) is 14.1. The molecule has 0 bridgehead atoms. The topological polar surface area (TPSA) is 20.2 Å². The molecule has 5 rings (SSSR count). The third-order valence-corrected chi connectivity index (χ3v) is 6.26. The lowest BCUT2D eigenvalue weighted by Crippen LogP contribution is -2.38. The number of rotatable bonds is 4. The van der Waals surface area contributed by atoms with Crippen LogP contribution in [-0.4, -0.2) is 5.11 Å². The fraction of sp³-hybridized carbons (Fsp3) is 0.143. The molecule has 0 fully saturated rings. The highest BCUT2D eigenvalue weighted by Crippen LogP contribution is 2.48. The van der Waals surface area contributed by atoms with E-state index >= 15 is 0 Å². The van der Waals surface area contributed by atoms with Crippen molar-refractivity contribution in [1.29, 1.82) is 0 Å². The molecule has 0 atom stereocenters. The smallest absolute Gasteiger partial charge is 0.119 e. The minimum absolute atomic E-state index is 0.217. The van der Waals surface area contributed by atoms with Crippen molar-refractivity contribution in [3.8, 4) is 5.75 Å². The summed E-state index contributed by atoms with van der Waals surface area (Å²) in [5.74, 6) is 0.405. The Hall–Kier alpha value is -3.32. The zero-order chi connectivity index (χ0) is 19.7. The van der Waals surface area contributed by atoms with Crippen molar-refractivity contribution >= 4 is 0 Å². The van der Waals surface area contributed by atoms with Gasteiger partial charge in [-0.1, -0.05) is 97.1 Å². The third kappa shape index (κ3) is 3.13. The van der Waals surface area contributed by atoms with E-state index in [0.717, 1.165) is 24.8 Å². The standard InChI is InChI=1S/C28H24O/c29-27-17-9-16-26-24(27)18-23-14-7-8-15-25(23)28(26,19-21-10-3-1-4-11-21)20-22-12-5-2-6-13-22/h1-17,29H,18-20H2. The van der Waals surface area contributed by atoms with Gasteiger partial charge in [-0.15, -0.1) is 0 Å². The number of phenols is 1. The van der Waals surface area contributed by atoms with Crippen LogP contribution in [0.25, 0.3) is 0 Å². The summed E-state index contributed by atoms with van der Waals surface area (Å²) in [7, 11) is 0. The summed E-state index contributed by atoms with van der Waals surface area (Å²) < 4.78 is 0. The molecule has 1 N–H and O–H groups in total. The Morgan fingerprint density at radius 2 is 1.14 bits per heavy atom. The van der Waals surface area contributed by atoms with Gasteiger partial charge in [-0.2, -0.15) is 0 Å². The minimum atomic E-state index is -0.217. The van der Waals surface area contributed by atoms with Crippen LogP contribution in [0.15, 0.2) is 103 Å². The first-order valence-electron chi connectivity index (χ1n) is 10.2. The highest BCUT2D eigenvalue weighted by atomic mass is 16.3. The van der Waals surface area contributed by atoms with E-state index in [4.69, 9.17) is 0 Å². The average Bonchev–Trinajstić information content (AvgIpc) is 2.76. The van der Waals surface area contributed by atoms with E-state index in [-0.39, 0.29) is 5.41 Å². The Bertz CT molecular complexity index is 1090. The molecule has 1 aliphatic carbocycles. The second-order valence-electron chi connectivity index (χ2n) is 8.04. The van der Waals surface area contributed by atoms with Gasteiger partial charge in [0, 0.05) is 17.4 Å². The molecule has 0 aromatic heterocycles. The van der Waals surface area contributed by atoms with Gasteiger partial charge < -0.3 is 5.11 Å². The number of hydrogen-bond donors (Lipinski definition) is 1. The third-order valence-electron chi connectivity index (χ3n) is 6.26. The van der Waals surface area contributed by atoms with Gasteiger partial charge in [-0.25, -0.2) is 0 Å². The number of aromatic hydroxyl groups is 1. The van der Waals surface area contributed by atoms with Crippen molar-refractivity contribution in [3.63, 3.8) is 0 Å². The monoisotopic (exact) mass is 376 g/mol. The molecular formula is C28H24O. The molecule has 1 nitrogen and oxygen atoms in total. The Labute approximate surface area is 172 Å². The fourth-order valence-electron chi connectivity index (χ4n) is 5.02. The predicted octanol–water partition coefficient (Wildman–Crippen LogP) is 6.07. The Morgan fingerprint density at radius 3 is 1.79 bits per heavy atom. The molecule has 4 aromatic carbocycles. The Morgan fingerprint density at radius 1 is 0.586 bits per heavy atom. The molecular weight excluding hydrogens is 352 g/mol. The molecule has 1 aliphatic rings.